The number of hydrogen-bond donors (Lipinski definition) is 0. The molecule has 7 heteroatoms. The van der Waals surface area contributed by atoms with Gasteiger partial charge in [0.25, 0.3) is 0 Å². The summed E-state index contributed by atoms with van der Waals surface area (Å²) in [6.07, 6.45) is 3.75. The zero-order chi connectivity index (χ0) is 21.5. The van der Waals surface area contributed by atoms with Crippen molar-refractivity contribution in [3.8, 4) is 17.0 Å². The molecule has 1 aliphatic rings. The predicted molar refractivity (Wildman–Crippen MR) is 113 cm³/mol. The van der Waals surface area contributed by atoms with E-state index in [1.165, 1.54) is 0 Å². The van der Waals surface area contributed by atoms with Gasteiger partial charge in [-0.05, 0) is 44.4 Å². The van der Waals surface area contributed by atoms with Crippen LogP contribution in [0.2, 0.25) is 0 Å². The van der Waals surface area contributed by atoms with E-state index in [1.807, 2.05) is 37.3 Å². The Morgan fingerprint density at radius 2 is 1.90 bits per heavy atom. The van der Waals surface area contributed by atoms with Gasteiger partial charge >= 0.3 is 5.97 Å². The summed E-state index contributed by atoms with van der Waals surface area (Å²) in [5.41, 5.74) is 1.75. The van der Waals surface area contributed by atoms with Crippen LogP contribution >= 0.6 is 0 Å². The molecule has 1 atom stereocenters. The second-order valence-electron chi connectivity index (χ2n) is 7.31. The Kier molecular flexibility index (Phi) is 7.38. The number of carbonyl (C=O) groups is 2. The Labute approximate surface area is 177 Å². The predicted octanol–water partition coefficient (Wildman–Crippen LogP) is 3.45. The number of amides is 1. The standard InChI is InChI=1S/C23H29N3O4/c1-4-17(23(28)30-5-2)22(27)26-14-11-16(12-15-26)21-24-13-10-19(25-21)18-8-6-7-9-20(18)29-3/h6-10,13,16-17H,4-5,11-12,14-15H2,1-3H3. The van der Waals surface area contributed by atoms with E-state index in [1.54, 1.807) is 25.1 Å². The first kappa shape index (κ1) is 21.7. The van der Waals surface area contributed by atoms with Gasteiger partial charge in [0.2, 0.25) is 5.91 Å². The van der Waals surface area contributed by atoms with Crippen LogP contribution in [0.1, 0.15) is 44.9 Å². The second-order valence-corrected chi connectivity index (χ2v) is 7.31. The summed E-state index contributed by atoms with van der Waals surface area (Å²) in [6.45, 7) is 5.04. The first-order valence-electron chi connectivity index (χ1n) is 10.5. The highest BCUT2D eigenvalue weighted by Gasteiger charge is 2.33. The smallest absolute Gasteiger partial charge is 0.318 e. The van der Waals surface area contributed by atoms with Crippen LogP contribution in [-0.4, -0.2) is 53.6 Å². The topological polar surface area (TPSA) is 81.6 Å². The molecule has 0 spiro atoms. The number of nitrogens with zero attached hydrogens (tertiary/aromatic N) is 3. The van der Waals surface area contributed by atoms with Crippen LogP contribution in [0.25, 0.3) is 11.3 Å². The maximum absolute atomic E-state index is 12.8. The molecule has 1 unspecified atom stereocenters. The van der Waals surface area contributed by atoms with Gasteiger partial charge in [-0.2, -0.15) is 0 Å². The number of carbonyl (C=O) groups excluding carboxylic acids is 2. The van der Waals surface area contributed by atoms with Gasteiger partial charge in [-0.15, -0.1) is 0 Å². The van der Waals surface area contributed by atoms with E-state index in [0.29, 0.717) is 19.5 Å². The highest BCUT2D eigenvalue weighted by molar-refractivity contribution is 5.97. The summed E-state index contributed by atoms with van der Waals surface area (Å²) in [7, 11) is 1.65. The molecule has 0 saturated carbocycles. The lowest BCUT2D eigenvalue weighted by atomic mass is 9.94. The SMILES string of the molecule is CCOC(=O)C(CC)C(=O)N1CCC(c2nccc(-c3ccccc3OC)n2)CC1. The molecule has 1 saturated heterocycles. The van der Waals surface area contributed by atoms with E-state index in [9.17, 15) is 9.59 Å². The molecule has 1 aromatic carbocycles. The van der Waals surface area contributed by atoms with E-state index in [4.69, 9.17) is 14.5 Å². The summed E-state index contributed by atoms with van der Waals surface area (Å²) in [6, 6.07) is 9.65. The number of likely N-dealkylation sites (tertiary alicyclic amines) is 1. The Balaban J connectivity index is 1.68. The fourth-order valence-corrected chi connectivity index (χ4v) is 3.84. The first-order chi connectivity index (χ1) is 14.6. The van der Waals surface area contributed by atoms with Crippen molar-refractivity contribution < 1.29 is 19.1 Å². The van der Waals surface area contributed by atoms with Gasteiger partial charge in [0.1, 0.15) is 17.5 Å². The summed E-state index contributed by atoms with van der Waals surface area (Å²) in [5, 5.41) is 0. The van der Waals surface area contributed by atoms with Gasteiger partial charge in [0, 0.05) is 30.8 Å². The molecule has 1 fully saturated rings. The quantitative estimate of drug-likeness (QED) is 0.513. The number of methoxy groups -OCH3 is 1. The number of piperidine rings is 1. The summed E-state index contributed by atoms with van der Waals surface area (Å²) in [5.74, 6) is 0.436. The minimum absolute atomic E-state index is 0.141. The van der Waals surface area contributed by atoms with Crippen LogP contribution < -0.4 is 4.74 Å². The molecule has 1 aromatic heterocycles. The zero-order valence-corrected chi connectivity index (χ0v) is 17.8. The van der Waals surface area contributed by atoms with Crippen LogP contribution in [0.4, 0.5) is 0 Å². The van der Waals surface area contributed by atoms with Crippen molar-refractivity contribution in [1.29, 1.82) is 0 Å². The van der Waals surface area contributed by atoms with Gasteiger partial charge in [-0.3, -0.25) is 9.59 Å². The van der Waals surface area contributed by atoms with Crippen molar-refractivity contribution in [2.45, 2.75) is 39.0 Å². The third-order valence-corrected chi connectivity index (χ3v) is 5.51. The summed E-state index contributed by atoms with van der Waals surface area (Å²) < 4.78 is 10.5. The van der Waals surface area contributed by atoms with Crippen LogP contribution in [0.15, 0.2) is 36.5 Å². The Morgan fingerprint density at radius 3 is 2.57 bits per heavy atom. The third-order valence-electron chi connectivity index (χ3n) is 5.51. The largest absolute Gasteiger partial charge is 0.496 e. The average Bonchev–Trinajstić information content (AvgIpc) is 2.80. The molecule has 0 bridgehead atoms. The molecular weight excluding hydrogens is 382 g/mol. The van der Waals surface area contributed by atoms with Crippen molar-refractivity contribution in [3.63, 3.8) is 0 Å². The number of benzene rings is 1. The van der Waals surface area contributed by atoms with Crippen LogP contribution in [0, 0.1) is 5.92 Å². The number of rotatable bonds is 7. The third kappa shape index (κ3) is 4.78. The van der Waals surface area contributed by atoms with Crippen molar-refractivity contribution in [2.75, 3.05) is 26.8 Å². The number of hydrogen-bond acceptors (Lipinski definition) is 6. The molecular formula is C23H29N3O4. The Hall–Kier alpha value is -2.96. The maximum atomic E-state index is 12.8. The Bertz CT molecular complexity index is 878. The number of para-hydroxylation sites is 1. The van der Waals surface area contributed by atoms with Crippen LogP contribution in [0.3, 0.4) is 0 Å². The van der Waals surface area contributed by atoms with Gasteiger partial charge < -0.3 is 14.4 Å². The fraction of sp³-hybridized carbons (Fsp3) is 0.478. The molecule has 2 aromatic rings. The molecule has 30 heavy (non-hydrogen) atoms. The summed E-state index contributed by atoms with van der Waals surface area (Å²) in [4.78, 5) is 35.9. The number of aromatic nitrogens is 2. The molecule has 0 N–H and O–H groups in total. The van der Waals surface area contributed by atoms with E-state index in [0.717, 1.165) is 35.7 Å². The lowest BCUT2D eigenvalue weighted by molar-refractivity contribution is -0.156. The van der Waals surface area contributed by atoms with Crippen molar-refractivity contribution >= 4 is 11.9 Å². The van der Waals surface area contributed by atoms with Crippen molar-refractivity contribution in [2.24, 2.45) is 5.92 Å². The van der Waals surface area contributed by atoms with E-state index < -0.39 is 11.9 Å². The minimum Gasteiger partial charge on any atom is -0.496 e. The van der Waals surface area contributed by atoms with Gasteiger partial charge in [0.15, 0.2) is 0 Å². The number of ether oxygens (including phenoxy) is 2. The van der Waals surface area contributed by atoms with Crippen LogP contribution in [-0.2, 0) is 14.3 Å². The summed E-state index contributed by atoms with van der Waals surface area (Å²) >= 11 is 0. The van der Waals surface area contributed by atoms with E-state index >= 15 is 0 Å². The van der Waals surface area contributed by atoms with Gasteiger partial charge in [0.05, 0.1) is 19.4 Å². The lowest BCUT2D eigenvalue weighted by Crippen LogP contribution is -2.44. The second kappa shape index (κ2) is 10.2. The fourth-order valence-electron chi connectivity index (χ4n) is 3.84. The van der Waals surface area contributed by atoms with Crippen molar-refractivity contribution in [1.82, 2.24) is 14.9 Å². The minimum atomic E-state index is -0.716. The van der Waals surface area contributed by atoms with Crippen LogP contribution in [0.5, 0.6) is 5.75 Å². The molecule has 7 nitrogen and oxygen atoms in total. The molecule has 1 aliphatic heterocycles. The normalized spacial score (nSPS) is 15.5. The molecule has 0 aliphatic carbocycles. The molecule has 3 rings (SSSR count). The van der Waals surface area contributed by atoms with Gasteiger partial charge in [-0.1, -0.05) is 19.1 Å². The molecule has 2 heterocycles. The number of esters is 1. The van der Waals surface area contributed by atoms with E-state index in [-0.39, 0.29) is 18.4 Å². The zero-order valence-electron chi connectivity index (χ0n) is 17.8. The molecule has 1 amide bonds. The first-order valence-corrected chi connectivity index (χ1v) is 10.5. The highest BCUT2D eigenvalue weighted by Crippen LogP contribution is 2.31. The lowest BCUT2D eigenvalue weighted by Gasteiger charge is -2.33. The van der Waals surface area contributed by atoms with E-state index in [2.05, 4.69) is 4.98 Å². The average molecular weight is 412 g/mol. The molecule has 0 radical (unpaired) electrons. The monoisotopic (exact) mass is 411 g/mol. The molecule has 160 valence electrons. The van der Waals surface area contributed by atoms with Crippen molar-refractivity contribution in [3.05, 3.63) is 42.4 Å². The maximum Gasteiger partial charge on any atom is 0.318 e. The van der Waals surface area contributed by atoms with Gasteiger partial charge in [-0.25, -0.2) is 9.97 Å². The Morgan fingerprint density at radius 1 is 1.17 bits per heavy atom. The highest BCUT2D eigenvalue weighted by atomic mass is 16.5.